The van der Waals surface area contributed by atoms with Gasteiger partial charge in [-0.25, -0.2) is 4.98 Å². The standard InChI is InChI=1S/C15H18N2OS/c1-11(16-2)14-5-4-10-17-15(14)19-13-8-6-12(18-3)7-9-13/h4-11,16H,1-3H3. The van der Waals surface area contributed by atoms with Gasteiger partial charge < -0.3 is 10.1 Å². The molecule has 0 aliphatic heterocycles. The smallest absolute Gasteiger partial charge is 0.118 e. The van der Waals surface area contributed by atoms with Crippen molar-refractivity contribution in [3.63, 3.8) is 0 Å². The van der Waals surface area contributed by atoms with Crippen molar-refractivity contribution in [3.05, 3.63) is 48.2 Å². The van der Waals surface area contributed by atoms with Gasteiger partial charge in [0, 0.05) is 22.7 Å². The van der Waals surface area contributed by atoms with Crippen LogP contribution in [0.4, 0.5) is 0 Å². The van der Waals surface area contributed by atoms with Crippen LogP contribution < -0.4 is 10.1 Å². The van der Waals surface area contributed by atoms with Crippen molar-refractivity contribution in [2.24, 2.45) is 0 Å². The average molecular weight is 274 g/mol. The van der Waals surface area contributed by atoms with Gasteiger partial charge in [-0.15, -0.1) is 0 Å². The molecule has 1 aromatic heterocycles. The van der Waals surface area contributed by atoms with Crippen molar-refractivity contribution >= 4 is 11.8 Å². The summed E-state index contributed by atoms with van der Waals surface area (Å²) in [6.45, 7) is 2.13. The van der Waals surface area contributed by atoms with Gasteiger partial charge in [0.05, 0.1) is 7.11 Å². The molecule has 0 radical (unpaired) electrons. The molecule has 3 nitrogen and oxygen atoms in total. The van der Waals surface area contributed by atoms with E-state index in [1.807, 2.05) is 43.6 Å². The quantitative estimate of drug-likeness (QED) is 0.904. The molecule has 0 aliphatic rings. The first-order chi connectivity index (χ1) is 9.24. The molecule has 0 saturated carbocycles. The van der Waals surface area contributed by atoms with Crippen LogP contribution in [0, 0.1) is 0 Å². The lowest BCUT2D eigenvalue weighted by molar-refractivity contribution is 0.414. The molecule has 0 spiro atoms. The molecule has 2 rings (SSSR count). The number of pyridine rings is 1. The van der Waals surface area contributed by atoms with Gasteiger partial charge in [-0.3, -0.25) is 0 Å². The second-order valence-electron chi connectivity index (χ2n) is 4.19. The van der Waals surface area contributed by atoms with Crippen molar-refractivity contribution in [2.75, 3.05) is 14.2 Å². The fraction of sp³-hybridized carbons (Fsp3) is 0.267. The lowest BCUT2D eigenvalue weighted by atomic mass is 10.1. The zero-order valence-electron chi connectivity index (χ0n) is 11.4. The van der Waals surface area contributed by atoms with E-state index in [-0.39, 0.29) is 6.04 Å². The van der Waals surface area contributed by atoms with E-state index in [1.165, 1.54) is 5.56 Å². The number of aromatic nitrogens is 1. The Balaban J connectivity index is 2.22. The topological polar surface area (TPSA) is 34.2 Å². The highest BCUT2D eigenvalue weighted by Gasteiger charge is 2.10. The maximum atomic E-state index is 5.16. The monoisotopic (exact) mass is 274 g/mol. The first kappa shape index (κ1) is 13.9. The summed E-state index contributed by atoms with van der Waals surface area (Å²) in [5.41, 5.74) is 1.21. The Morgan fingerprint density at radius 3 is 2.58 bits per heavy atom. The number of methoxy groups -OCH3 is 1. The third-order valence-corrected chi connectivity index (χ3v) is 4.02. The molecule has 0 saturated heterocycles. The fourth-order valence-corrected chi connectivity index (χ4v) is 2.70. The Morgan fingerprint density at radius 1 is 1.21 bits per heavy atom. The summed E-state index contributed by atoms with van der Waals surface area (Å²) >= 11 is 1.67. The van der Waals surface area contributed by atoms with Crippen LogP contribution in [-0.2, 0) is 0 Å². The summed E-state index contributed by atoms with van der Waals surface area (Å²) in [6, 6.07) is 12.4. The second-order valence-corrected chi connectivity index (χ2v) is 5.25. The highest BCUT2D eigenvalue weighted by atomic mass is 32.2. The zero-order valence-corrected chi connectivity index (χ0v) is 12.2. The minimum absolute atomic E-state index is 0.287. The summed E-state index contributed by atoms with van der Waals surface area (Å²) in [5.74, 6) is 0.870. The number of rotatable bonds is 5. The molecule has 100 valence electrons. The Hall–Kier alpha value is -1.52. The molecule has 1 atom stereocenters. The van der Waals surface area contributed by atoms with Crippen molar-refractivity contribution in [2.45, 2.75) is 22.9 Å². The first-order valence-electron chi connectivity index (χ1n) is 6.18. The van der Waals surface area contributed by atoms with E-state index in [0.29, 0.717) is 0 Å². The van der Waals surface area contributed by atoms with Crippen LogP contribution in [0.15, 0.2) is 52.5 Å². The molecule has 0 aliphatic carbocycles. The minimum atomic E-state index is 0.287. The SMILES string of the molecule is CNC(C)c1cccnc1Sc1ccc(OC)cc1. The molecule has 19 heavy (non-hydrogen) atoms. The second kappa shape index (κ2) is 6.59. The summed E-state index contributed by atoms with van der Waals surface area (Å²) in [6.07, 6.45) is 1.83. The minimum Gasteiger partial charge on any atom is -0.497 e. The van der Waals surface area contributed by atoms with E-state index in [9.17, 15) is 0 Å². The van der Waals surface area contributed by atoms with Crippen LogP contribution in [0.3, 0.4) is 0 Å². The van der Waals surface area contributed by atoms with Crippen molar-refractivity contribution in [3.8, 4) is 5.75 Å². The maximum Gasteiger partial charge on any atom is 0.118 e. The number of hydrogen-bond donors (Lipinski definition) is 1. The van der Waals surface area contributed by atoms with E-state index in [2.05, 4.69) is 23.3 Å². The van der Waals surface area contributed by atoms with E-state index >= 15 is 0 Å². The number of hydrogen-bond acceptors (Lipinski definition) is 4. The normalized spacial score (nSPS) is 12.2. The number of nitrogens with zero attached hydrogens (tertiary/aromatic N) is 1. The Bertz CT molecular complexity index is 528. The van der Waals surface area contributed by atoms with Gasteiger partial charge in [0.15, 0.2) is 0 Å². The molecule has 4 heteroatoms. The Labute approximate surface area is 118 Å². The highest BCUT2D eigenvalue weighted by Crippen LogP contribution is 2.32. The van der Waals surface area contributed by atoms with Gasteiger partial charge in [-0.2, -0.15) is 0 Å². The molecule has 1 aromatic carbocycles. The summed E-state index contributed by atoms with van der Waals surface area (Å²) < 4.78 is 5.16. The maximum absolute atomic E-state index is 5.16. The third kappa shape index (κ3) is 3.49. The lowest BCUT2D eigenvalue weighted by Crippen LogP contribution is -2.13. The van der Waals surface area contributed by atoms with Crippen molar-refractivity contribution in [1.82, 2.24) is 10.3 Å². The molecular formula is C15H18N2OS. The number of ether oxygens (including phenoxy) is 1. The van der Waals surface area contributed by atoms with Gasteiger partial charge in [0.25, 0.3) is 0 Å². The summed E-state index contributed by atoms with van der Waals surface area (Å²) in [4.78, 5) is 5.63. The molecular weight excluding hydrogens is 256 g/mol. The molecule has 0 bridgehead atoms. The molecule has 0 amide bonds. The first-order valence-corrected chi connectivity index (χ1v) is 7.00. The van der Waals surface area contributed by atoms with Crippen molar-refractivity contribution < 1.29 is 4.74 Å². The van der Waals surface area contributed by atoms with Crippen LogP contribution in [0.2, 0.25) is 0 Å². The third-order valence-electron chi connectivity index (χ3n) is 2.97. The molecule has 1 unspecified atom stereocenters. The lowest BCUT2D eigenvalue weighted by Gasteiger charge is -2.14. The van der Waals surface area contributed by atoms with Crippen LogP contribution >= 0.6 is 11.8 Å². The van der Waals surface area contributed by atoms with Crippen LogP contribution in [-0.4, -0.2) is 19.1 Å². The predicted molar refractivity (Wildman–Crippen MR) is 78.8 cm³/mol. The Kier molecular flexibility index (Phi) is 4.82. The van der Waals surface area contributed by atoms with Gasteiger partial charge in [0.2, 0.25) is 0 Å². The number of benzene rings is 1. The number of nitrogens with one attached hydrogen (secondary N) is 1. The molecule has 0 fully saturated rings. The Morgan fingerprint density at radius 2 is 1.95 bits per heavy atom. The van der Waals surface area contributed by atoms with E-state index in [0.717, 1.165) is 15.7 Å². The van der Waals surface area contributed by atoms with Gasteiger partial charge >= 0.3 is 0 Å². The van der Waals surface area contributed by atoms with E-state index in [4.69, 9.17) is 4.74 Å². The fourth-order valence-electron chi connectivity index (χ4n) is 1.73. The van der Waals surface area contributed by atoms with Crippen LogP contribution in [0.5, 0.6) is 5.75 Å². The molecule has 2 aromatic rings. The molecule has 1 N–H and O–H groups in total. The summed E-state index contributed by atoms with van der Waals surface area (Å²) in [7, 11) is 3.63. The van der Waals surface area contributed by atoms with E-state index < -0.39 is 0 Å². The zero-order chi connectivity index (χ0) is 13.7. The van der Waals surface area contributed by atoms with Crippen LogP contribution in [0.25, 0.3) is 0 Å². The van der Waals surface area contributed by atoms with Gasteiger partial charge in [-0.05, 0) is 44.3 Å². The van der Waals surface area contributed by atoms with Gasteiger partial charge in [-0.1, -0.05) is 17.8 Å². The highest BCUT2D eigenvalue weighted by molar-refractivity contribution is 7.99. The largest absolute Gasteiger partial charge is 0.497 e. The van der Waals surface area contributed by atoms with Crippen molar-refractivity contribution in [1.29, 1.82) is 0 Å². The summed E-state index contributed by atoms with van der Waals surface area (Å²) in [5, 5.41) is 4.29. The average Bonchev–Trinajstić information content (AvgIpc) is 2.48. The van der Waals surface area contributed by atoms with E-state index in [1.54, 1.807) is 18.9 Å². The van der Waals surface area contributed by atoms with Gasteiger partial charge in [0.1, 0.15) is 10.8 Å². The predicted octanol–water partition coefficient (Wildman–Crippen LogP) is 3.52. The molecule has 1 heterocycles. The van der Waals surface area contributed by atoms with Crippen LogP contribution in [0.1, 0.15) is 18.5 Å².